The molecule has 3 aromatic carbocycles. The third-order valence-electron chi connectivity index (χ3n) is 7.69. The lowest BCUT2D eigenvalue weighted by Crippen LogP contribution is -2.45. The van der Waals surface area contributed by atoms with Gasteiger partial charge >= 0.3 is 0 Å². The summed E-state index contributed by atoms with van der Waals surface area (Å²) in [5, 5.41) is 15.6. The Morgan fingerprint density at radius 2 is 1.53 bits per heavy atom. The molecule has 0 unspecified atom stereocenters. The third-order valence-corrected chi connectivity index (χ3v) is 7.69. The lowest BCUT2D eigenvalue weighted by Gasteiger charge is -2.37. The van der Waals surface area contributed by atoms with Gasteiger partial charge in [0.25, 0.3) is 17.4 Å². The van der Waals surface area contributed by atoms with E-state index in [9.17, 15) is 14.4 Å². The van der Waals surface area contributed by atoms with E-state index in [4.69, 9.17) is 14.6 Å². The molecule has 0 spiro atoms. The van der Waals surface area contributed by atoms with Crippen molar-refractivity contribution in [2.24, 2.45) is 16.9 Å². The number of methoxy groups -OCH3 is 2. The van der Waals surface area contributed by atoms with E-state index >= 15 is 0 Å². The largest absolute Gasteiger partial charge is 0.493 e. The molecule has 43 heavy (non-hydrogen) atoms. The van der Waals surface area contributed by atoms with Gasteiger partial charge in [-0.3, -0.25) is 14.4 Å². The van der Waals surface area contributed by atoms with Gasteiger partial charge in [-0.15, -0.1) is 0 Å². The molecule has 1 aliphatic heterocycles. The Morgan fingerprint density at radius 3 is 2.21 bits per heavy atom. The Kier molecular flexibility index (Phi) is 7.57. The van der Waals surface area contributed by atoms with E-state index in [2.05, 4.69) is 21.6 Å². The molecule has 0 fully saturated rings. The average molecular weight is 576 g/mol. The number of allylic oxidation sites excluding steroid dienone is 2. The summed E-state index contributed by atoms with van der Waals surface area (Å²) in [7, 11) is 3.18. The van der Waals surface area contributed by atoms with Gasteiger partial charge in [0.2, 0.25) is 0 Å². The fourth-order valence-electron chi connectivity index (χ4n) is 5.42. The van der Waals surface area contributed by atoms with Crippen molar-refractivity contribution in [2.45, 2.75) is 12.8 Å². The molecule has 0 bridgehead atoms. The monoisotopic (exact) mass is 575 g/mol. The van der Waals surface area contributed by atoms with Crippen molar-refractivity contribution in [1.82, 2.24) is 10.2 Å². The summed E-state index contributed by atoms with van der Waals surface area (Å²) < 4.78 is 10.9. The Bertz CT molecular complexity index is 1770. The minimum absolute atomic E-state index is 0.0525. The van der Waals surface area contributed by atoms with Gasteiger partial charge in [-0.2, -0.15) is 10.2 Å². The summed E-state index contributed by atoms with van der Waals surface area (Å²) in [6.07, 6.45) is 5.50. The van der Waals surface area contributed by atoms with E-state index in [-0.39, 0.29) is 29.2 Å². The maximum absolute atomic E-state index is 13.6. The lowest BCUT2D eigenvalue weighted by atomic mass is 9.76. The van der Waals surface area contributed by atoms with Crippen LogP contribution < -0.4 is 25.4 Å². The van der Waals surface area contributed by atoms with Gasteiger partial charge in [-0.1, -0.05) is 24.3 Å². The fourth-order valence-corrected chi connectivity index (χ4v) is 5.42. The normalized spacial score (nSPS) is 17.6. The third kappa shape index (κ3) is 5.54. The first-order chi connectivity index (χ1) is 20.9. The van der Waals surface area contributed by atoms with Crippen LogP contribution in [0, 0.1) is 11.8 Å². The van der Waals surface area contributed by atoms with Crippen LogP contribution >= 0.6 is 0 Å². The molecule has 2 amide bonds. The van der Waals surface area contributed by atoms with Crippen LogP contribution in [-0.2, 0) is 4.79 Å². The zero-order valence-electron chi connectivity index (χ0n) is 23.6. The van der Waals surface area contributed by atoms with Crippen LogP contribution in [0.2, 0.25) is 0 Å². The van der Waals surface area contributed by atoms with Crippen molar-refractivity contribution in [3.8, 4) is 22.8 Å². The lowest BCUT2D eigenvalue weighted by molar-refractivity contribution is -0.123. The number of benzene rings is 3. The standard InChI is InChI=1S/C33H29N5O5/c1-42-28-17-11-22(19-29(28)43-2)31-25-5-3-4-6-26(25)33(41)38(37-31)24-14-9-21(10-15-24)32(40)34-23-12-7-20(8-13-23)27-16-18-30(39)36-35-27/h3-4,7-19,25-26H,5-6H2,1-2H3,(H,34,40)(H,36,39)/t25-,26+/m0/s1. The number of carbonyl (C=O) groups is 2. The van der Waals surface area contributed by atoms with E-state index in [1.54, 1.807) is 56.7 Å². The molecular weight excluding hydrogens is 546 g/mol. The first-order valence-corrected chi connectivity index (χ1v) is 13.8. The summed E-state index contributed by atoms with van der Waals surface area (Å²) >= 11 is 0. The van der Waals surface area contributed by atoms with Crippen LogP contribution in [0.3, 0.4) is 0 Å². The predicted molar refractivity (Wildman–Crippen MR) is 164 cm³/mol. The Balaban J connectivity index is 1.23. The van der Waals surface area contributed by atoms with E-state index in [0.717, 1.165) is 23.3 Å². The number of carbonyl (C=O) groups excluding carboxylic acids is 2. The molecule has 4 aromatic rings. The summed E-state index contributed by atoms with van der Waals surface area (Å²) in [5.41, 5.74) is 4.42. The van der Waals surface area contributed by atoms with Gasteiger partial charge in [0.05, 0.1) is 37.2 Å². The Labute approximate surface area is 247 Å². The smallest absolute Gasteiger partial charge is 0.264 e. The molecule has 0 saturated heterocycles. The molecule has 216 valence electrons. The van der Waals surface area contributed by atoms with Crippen LogP contribution in [0.4, 0.5) is 11.4 Å². The van der Waals surface area contributed by atoms with Crippen molar-refractivity contribution in [3.63, 3.8) is 0 Å². The zero-order chi connectivity index (χ0) is 29.9. The summed E-state index contributed by atoms with van der Waals surface area (Å²) in [6.45, 7) is 0. The van der Waals surface area contributed by atoms with Gasteiger partial charge in [0.15, 0.2) is 11.5 Å². The first kappa shape index (κ1) is 27.6. The van der Waals surface area contributed by atoms with Gasteiger partial charge in [0, 0.05) is 34.4 Å². The number of rotatable bonds is 7. The molecule has 10 nitrogen and oxygen atoms in total. The number of anilines is 2. The van der Waals surface area contributed by atoms with Crippen LogP contribution in [0.15, 0.2) is 101 Å². The predicted octanol–water partition coefficient (Wildman–Crippen LogP) is 5.04. The average Bonchev–Trinajstić information content (AvgIpc) is 3.05. The fraction of sp³-hybridized carbons (Fsp3) is 0.182. The summed E-state index contributed by atoms with van der Waals surface area (Å²) in [5.74, 6) is 0.538. The molecule has 6 rings (SSSR count). The number of nitrogens with zero attached hydrogens (tertiary/aromatic N) is 3. The maximum Gasteiger partial charge on any atom is 0.264 e. The highest BCUT2D eigenvalue weighted by Gasteiger charge is 2.40. The Morgan fingerprint density at radius 1 is 0.837 bits per heavy atom. The quantitative estimate of drug-likeness (QED) is 0.298. The second-order valence-electron chi connectivity index (χ2n) is 10.2. The zero-order valence-corrected chi connectivity index (χ0v) is 23.6. The number of H-pyrrole nitrogens is 1. The highest BCUT2D eigenvalue weighted by Crippen LogP contribution is 2.38. The minimum atomic E-state index is -0.293. The number of amides is 2. The van der Waals surface area contributed by atoms with Gasteiger partial charge in [-0.05, 0) is 73.5 Å². The van der Waals surface area contributed by atoms with Gasteiger partial charge < -0.3 is 14.8 Å². The summed E-state index contributed by atoms with van der Waals surface area (Å²) in [4.78, 5) is 37.9. The number of hydrazone groups is 1. The molecular formula is C33H29N5O5. The molecule has 0 saturated carbocycles. The van der Waals surface area contributed by atoms with Crippen molar-refractivity contribution in [3.05, 3.63) is 112 Å². The molecule has 1 aromatic heterocycles. The Hall–Kier alpha value is -5.51. The molecule has 10 heteroatoms. The van der Waals surface area contributed by atoms with E-state index < -0.39 is 0 Å². The maximum atomic E-state index is 13.6. The summed E-state index contributed by atoms with van der Waals surface area (Å²) in [6, 6.07) is 22.7. The van der Waals surface area contributed by atoms with Crippen molar-refractivity contribution < 1.29 is 19.1 Å². The van der Waals surface area contributed by atoms with Crippen LogP contribution in [-0.4, -0.2) is 41.9 Å². The number of aromatic amines is 1. The van der Waals surface area contributed by atoms with Crippen molar-refractivity contribution in [1.29, 1.82) is 0 Å². The van der Waals surface area contributed by atoms with Crippen LogP contribution in [0.5, 0.6) is 11.5 Å². The number of hydrogen-bond donors (Lipinski definition) is 2. The first-order valence-electron chi connectivity index (χ1n) is 13.8. The van der Waals surface area contributed by atoms with E-state index in [1.807, 2.05) is 36.4 Å². The number of aromatic nitrogens is 2. The van der Waals surface area contributed by atoms with E-state index in [1.165, 1.54) is 11.1 Å². The number of fused-ring (bicyclic) bond motifs is 1. The molecule has 0 radical (unpaired) electrons. The highest BCUT2D eigenvalue weighted by atomic mass is 16.5. The molecule has 2 N–H and O–H groups in total. The minimum Gasteiger partial charge on any atom is -0.493 e. The highest BCUT2D eigenvalue weighted by molar-refractivity contribution is 6.12. The van der Waals surface area contributed by atoms with Crippen molar-refractivity contribution in [2.75, 3.05) is 24.5 Å². The molecule has 2 aliphatic rings. The topological polar surface area (TPSA) is 126 Å². The second-order valence-corrected chi connectivity index (χ2v) is 10.2. The molecule has 2 atom stereocenters. The van der Waals surface area contributed by atoms with Gasteiger partial charge in [0.1, 0.15) is 0 Å². The van der Waals surface area contributed by atoms with Gasteiger partial charge in [-0.25, -0.2) is 10.1 Å². The number of hydrogen-bond acceptors (Lipinski definition) is 7. The number of ether oxygens (including phenoxy) is 2. The van der Waals surface area contributed by atoms with Crippen LogP contribution in [0.25, 0.3) is 11.3 Å². The molecule has 1 aliphatic carbocycles. The second kappa shape index (κ2) is 11.8. The van der Waals surface area contributed by atoms with Crippen LogP contribution in [0.1, 0.15) is 28.8 Å². The SMILES string of the molecule is COc1ccc(C2=NN(c3ccc(C(=O)Nc4ccc(-c5ccc(=O)[nH]n5)cc4)cc3)C(=O)[C@@H]3CC=CC[C@H]23)cc1OC. The van der Waals surface area contributed by atoms with E-state index in [0.29, 0.717) is 40.6 Å². The number of nitrogens with one attached hydrogen (secondary N) is 2. The van der Waals surface area contributed by atoms with Crippen molar-refractivity contribution >= 4 is 28.9 Å². The molecule has 2 heterocycles.